The van der Waals surface area contributed by atoms with E-state index in [0.717, 1.165) is 35.4 Å². The van der Waals surface area contributed by atoms with Crippen molar-refractivity contribution in [1.82, 2.24) is 0 Å². The maximum Gasteiger partial charge on any atom is 0.236 e. The van der Waals surface area contributed by atoms with Gasteiger partial charge in [-0.25, -0.2) is 0 Å². The van der Waals surface area contributed by atoms with Crippen LogP contribution in [-0.4, -0.2) is 11.7 Å². The van der Waals surface area contributed by atoms with E-state index in [0.29, 0.717) is 6.42 Å². The number of fused-ring (bicyclic) bond motifs is 3. The summed E-state index contributed by atoms with van der Waals surface area (Å²) in [6.45, 7) is 5.68. The molecule has 2 heterocycles. The van der Waals surface area contributed by atoms with E-state index in [2.05, 4.69) is 11.9 Å². The third-order valence-corrected chi connectivity index (χ3v) is 5.05. The quantitative estimate of drug-likeness (QED) is 0.664. The van der Waals surface area contributed by atoms with Crippen LogP contribution in [0.3, 0.4) is 0 Å². The molecule has 19 heavy (non-hydrogen) atoms. The molecule has 0 spiro atoms. The van der Waals surface area contributed by atoms with Crippen LogP contribution < -0.4 is 5.32 Å². The number of hydrogen-bond donors (Lipinski definition) is 1. The lowest BCUT2D eigenvalue weighted by Crippen LogP contribution is -2.35. The number of hydrogen-bond acceptors (Lipinski definition) is 3. The van der Waals surface area contributed by atoms with Crippen molar-refractivity contribution in [1.29, 1.82) is 0 Å². The monoisotopic (exact) mass is 275 g/mol. The number of carbonyl (C=O) groups is 2. The molecule has 100 valence electrons. The third kappa shape index (κ3) is 2.04. The number of anilines is 1. The first-order valence-electron chi connectivity index (χ1n) is 6.72. The SMILES string of the molecule is C=C(C)CC1C(=O)Nc2sc3c(c2C1=O)CCCC3. The zero-order valence-electron chi connectivity index (χ0n) is 11.0. The van der Waals surface area contributed by atoms with Crippen LogP contribution in [0.4, 0.5) is 5.00 Å². The van der Waals surface area contributed by atoms with E-state index in [-0.39, 0.29) is 11.7 Å². The molecular formula is C15H17NO2S. The van der Waals surface area contributed by atoms with Crippen LogP contribution in [-0.2, 0) is 17.6 Å². The Morgan fingerprint density at radius 3 is 2.84 bits per heavy atom. The Morgan fingerprint density at radius 1 is 1.37 bits per heavy atom. The largest absolute Gasteiger partial charge is 0.316 e. The first-order chi connectivity index (χ1) is 9.08. The molecule has 1 amide bonds. The first kappa shape index (κ1) is 12.6. The Kier molecular flexibility index (Phi) is 3.05. The Hall–Kier alpha value is -1.42. The van der Waals surface area contributed by atoms with Gasteiger partial charge in [0.1, 0.15) is 10.9 Å². The summed E-state index contributed by atoms with van der Waals surface area (Å²) < 4.78 is 0. The smallest absolute Gasteiger partial charge is 0.236 e. The molecule has 1 aromatic rings. The lowest BCUT2D eigenvalue weighted by atomic mass is 9.85. The van der Waals surface area contributed by atoms with Gasteiger partial charge >= 0.3 is 0 Å². The number of allylic oxidation sites excluding steroid dienone is 1. The number of ketones is 1. The predicted octanol–water partition coefficient (Wildman–Crippen LogP) is 3.34. The fraction of sp³-hybridized carbons (Fsp3) is 0.467. The summed E-state index contributed by atoms with van der Waals surface area (Å²) in [5, 5.41) is 3.70. The van der Waals surface area contributed by atoms with Crippen molar-refractivity contribution in [3.63, 3.8) is 0 Å². The fourth-order valence-corrected chi connectivity index (χ4v) is 4.24. The highest BCUT2D eigenvalue weighted by Crippen LogP contribution is 2.42. The molecule has 0 fully saturated rings. The molecule has 1 aromatic heterocycles. The van der Waals surface area contributed by atoms with Gasteiger partial charge in [0.25, 0.3) is 0 Å². The van der Waals surface area contributed by atoms with Gasteiger partial charge in [-0.3, -0.25) is 9.59 Å². The van der Waals surface area contributed by atoms with E-state index < -0.39 is 5.92 Å². The fourth-order valence-electron chi connectivity index (χ4n) is 2.94. The second-order valence-corrected chi connectivity index (χ2v) is 6.59. The van der Waals surface area contributed by atoms with Gasteiger partial charge in [0.05, 0.1) is 5.56 Å². The number of rotatable bonds is 2. The van der Waals surface area contributed by atoms with Crippen molar-refractivity contribution in [3.8, 4) is 0 Å². The van der Waals surface area contributed by atoms with Crippen LogP contribution in [0.2, 0.25) is 0 Å². The number of carbonyl (C=O) groups excluding carboxylic acids is 2. The maximum atomic E-state index is 12.6. The number of nitrogens with one attached hydrogen (secondary N) is 1. The van der Waals surface area contributed by atoms with Gasteiger partial charge in [-0.1, -0.05) is 5.57 Å². The predicted molar refractivity (Wildman–Crippen MR) is 76.8 cm³/mol. The summed E-state index contributed by atoms with van der Waals surface area (Å²) >= 11 is 1.59. The molecule has 4 heteroatoms. The highest BCUT2D eigenvalue weighted by Gasteiger charge is 2.38. The van der Waals surface area contributed by atoms with Crippen LogP contribution in [0.15, 0.2) is 12.2 Å². The van der Waals surface area contributed by atoms with Gasteiger partial charge in [-0.05, 0) is 44.6 Å². The van der Waals surface area contributed by atoms with Crippen molar-refractivity contribution >= 4 is 28.0 Å². The molecule has 3 nitrogen and oxygen atoms in total. The Morgan fingerprint density at radius 2 is 2.11 bits per heavy atom. The topological polar surface area (TPSA) is 46.2 Å². The Bertz CT molecular complexity index is 585. The molecule has 1 unspecified atom stereocenters. The molecule has 0 saturated heterocycles. The van der Waals surface area contributed by atoms with Crippen LogP contribution >= 0.6 is 11.3 Å². The summed E-state index contributed by atoms with van der Waals surface area (Å²) in [6, 6.07) is 0. The van der Waals surface area contributed by atoms with Gasteiger partial charge in [-0.2, -0.15) is 0 Å². The van der Waals surface area contributed by atoms with Crippen molar-refractivity contribution in [3.05, 3.63) is 28.2 Å². The molecule has 0 saturated carbocycles. The maximum absolute atomic E-state index is 12.6. The number of Topliss-reactive ketones (excluding diaryl/α,β-unsaturated/α-hetero) is 1. The minimum absolute atomic E-state index is 0.00106. The number of aryl methyl sites for hydroxylation is 1. The highest BCUT2D eigenvalue weighted by atomic mass is 32.1. The Balaban J connectivity index is 2.03. The molecule has 0 bridgehead atoms. The van der Waals surface area contributed by atoms with E-state index in [9.17, 15) is 9.59 Å². The third-order valence-electron chi connectivity index (χ3n) is 3.84. The van der Waals surface area contributed by atoms with Gasteiger partial charge < -0.3 is 5.32 Å². The molecule has 0 aromatic carbocycles. The number of thiophene rings is 1. The molecule has 1 N–H and O–H groups in total. The van der Waals surface area contributed by atoms with E-state index in [1.54, 1.807) is 11.3 Å². The summed E-state index contributed by atoms with van der Waals surface area (Å²) in [6.07, 6.45) is 4.80. The zero-order chi connectivity index (χ0) is 13.6. The second-order valence-electron chi connectivity index (χ2n) is 5.48. The molecular weight excluding hydrogens is 258 g/mol. The minimum atomic E-state index is -0.578. The normalized spacial score (nSPS) is 21.6. The summed E-state index contributed by atoms with van der Waals surface area (Å²) in [7, 11) is 0. The van der Waals surface area contributed by atoms with Crippen LogP contribution in [0.1, 0.15) is 47.0 Å². The summed E-state index contributed by atoms with van der Waals surface area (Å²) in [5.74, 6) is -0.745. The van der Waals surface area contributed by atoms with Gasteiger partial charge in [0.15, 0.2) is 5.78 Å². The van der Waals surface area contributed by atoms with Crippen molar-refractivity contribution in [2.45, 2.75) is 39.0 Å². The van der Waals surface area contributed by atoms with E-state index in [4.69, 9.17) is 0 Å². The molecule has 3 rings (SSSR count). The van der Waals surface area contributed by atoms with Crippen molar-refractivity contribution < 1.29 is 9.59 Å². The molecule has 0 radical (unpaired) electrons. The molecule has 2 aliphatic rings. The van der Waals surface area contributed by atoms with Crippen LogP contribution in [0, 0.1) is 5.92 Å². The van der Waals surface area contributed by atoms with Gasteiger partial charge in [-0.15, -0.1) is 17.9 Å². The average Bonchev–Trinajstić information content (AvgIpc) is 2.72. The lowest BCUT2D eigenvalue weighted by Gasteiger charge is -2.22. The van der Waals surface area contributed by atoms with Gasteiger partial charge in [0.2, 0.25) is 5.91 Å². The van der Waals surface area contributed by atoms with Crippen molar-refractivity contribution in [2.24, 2.45) is 5.92 Å². The van der Waals surface area contributed by atoms with Crippen LogP contribution in [0.5, 0.6) is 0 Å². The average molecular weight is 275 g/mol. The standard InChI is InChI=1S/C15H17NO2S/c1-8(2)7-10-13(17)12-9-5-3-4-6-11(9)19-15(12)16-14(10)18/h10H,1,3-7H2,2H3,(H,16,18). The molecule has 1 aliphatic heterocycles. The highest BCUT2D eigenvalue weighted by molar-refractivity contribution is 7.17. The van der Waals surface area contributed by atoms with E-state index in [1.165, 1.54) is 16.9 Å². The minimum Gasteiger partial charge on any atom is -0.316 e. The second kappa shape index (κ2) is 4.60. The summed E-state index contributed by atoms with van der Waals surface area (Å²) in [4.78, 5) is 25.9. The number of amides is 1. The van der Waals surface area contributed by atoms with E-state index in [1.807, 2.05) is 6.92 Å². The first-order valence-corrected chi connectivity index (χ1v) is 7.53. The van der Waals surface area contributed by atoms with E-state index >= 15 is 0 Å². The molecule has 1 aliphatic carbocycles. The Labute approximate surface area is 116 Å². The van der Waals surface area contributed by atoms with Crippen LogP contribution in [0.25, 0.3) is 0 Å². The summed E-state index contributed by atoms with van der Waals surface area (Å²) in [5.41, 5.74) is 2.87. The molecule has 1 atom stereocenters. The zero-order valence-corrected chi connectivity index (χ0v) is 11.9. The van der Waals surface area contributed by atoms with Gasteiger partial charge in [0, 0.05) is 4.88 Å². The van der Waals surface area contributed by atoms with Crippen molar-refractivity contribution in [2.75, 3.05) is 5.32 Å². The lowest BCUT2D eigenvalue weighted by molar-refractivity contribution is -0.118.